The van der Waals surface area contributed by atoms with Gasteiger partial charge in [-0.3, -0.25) is 4.99 Å². The van der Waals surface area contributed by atoms with Crippen molar-refractivity contribution in [2.75, 3.05) is 20.2 Å². The van der Waals surface area contributed by atoms with Crippen LogP contribution in [0.5, 0.6) is 11.6 Å². The van der Waals surface area contributed by atoms with Crippen LogP contribution in [-0.2, 0) is 6.54 Å². The molecule has 0 aliphatic heterocycles. The van der Waals surface area contributed by atoms with Crippen LogP contribution in [-0.4, -0.2) is 37.2 Å². The number of nitrogens with one attached hydrogen (secondary N) is 2. The van der Waals surface area contributed by atoms with Gasteiger partial charge in [0.1, 0.15) is 18.5 Å². The molecule has 27 heavy (non-hydrogen) atoms. The quantitative estimate of drug-likeness (QED) is 0.426. The summed E-state index contributed by atoms with van der Waals surface area (Å²) in [4.78, 5) is 8.64. The lowest BCUT2D eigenvalue weighted by atomic mass is 10.3. The number of ether oxygens (including phenoxy) is 2. The van der Waals surface area contributed by atoms with Gasteiger partial charge in [0.25, 0.3) is 0 Å². The number of aromatic nitrogens is 1. The number of guanidine groups is 1. The van der Waals surface area contributed by atoms with Crippen LogP contribution in [0.4, 0.5) is 0 Å². The van der Waals surface area contributed by atoms with Crippen molar-refractivity contribution >= 4 is 5.96 Å². The van der Waals surface area contributed by atoms with Crippen molar-refractivity contribution in [2.24, 2.45) is 4.99 Å². The fourth-order valence-corrected chi connectivity index (χ4v) is 3.02. The van der Waals surface area contributed by atoms with Crippen molar-refractivity contribution in [2.45, 2.75) is 38.3 Å². The van der Waals surface area contributed by atoms with E-state index in [1.807, 2.05) is 48.7 Å². The first-order valence-corrected chi connectivity index (χ1v) is 9.57. The number of nitrogens with zero attached hydrogens (tertiary/aromatic N) is 2. The number of hydrogen-bond acceptors (Lipinski definition) is 4. The van der Waals surface area contributed by atoms with Gasteiger partial charge in [-0.1, -0.05) is 24.3 Å². The number of hydrogen-bond donors (Lipinski definition) is 2. The van der Waals surface area contributed by atoms with Crippen molar-refractivity contribution in [3.63, 3.8) is 0 Å². The van der Waals surface area contributed by atoms with E-state index in [4.69, 9.17) is 9.47 Å². The van der Waals surface area contributed by atoms with E-state index in [1.165, 1.54) is 12.8 Å². The third kappa shape index (κ3) is 6.47. The molecule has 0 radical (unpaired) electrons. The van der Waals surface area contributed by atoms with Crippen LogP contribution < -0.4 is 20.1 Å². The van der Waals surface area contributed by atoms with E-state index in [9.17, 15) is 0 Å². The molecule has 1 aromatic carbocycles. The zero-order valence-corrected chi connectivity index (χ0v) is 15.9. The molecule has 2 aromatic rings. The van der Waals surface area contributed by atoms with Gasteiger partial charge in [0.05, 0.1) is 6.54 Å². The van der Waals surface area contributed by atoms with Gasteiger partial charge in [-0.15, -0.1) is 0 Å². The Morgan fingerprint density at radius 3 is 2.63 bits per heavy atom. The van der Waals surface area contributed by atoms with Gasteiger partial charge in [0, 0.05) is 25.9 Å². The maximum atomic E-state index is 5.90. The van der Waals surface area contributed by atoms with E-state index in [0.29, 0.717) is 31.7 Å². The molecule has 0 saturated heterocycles. The average Bonchev–Trinajstić information content (AvgIpc) is 3.22. The van der Waals surface area contributed by atoms with Crippen LogP contribution in [0.25, 0.3) is 0 Å². The Hall–Kier alpha value is -2.76. The van der Waals surface area contributed by atoms with Gasteiger partial charge in [0.2, 0.25) is 5.88 Å². The fraction of sp³-hybridized carbons (Fsp3) is 0.429. The predicted octanol–water partition coefficient (Wildman–Crippen LogP) is 3.15. The Labute approximate surface area is 161 Å². The van der Waals surface area contributed by atoms with Gasteiger partial charge in [-0.05, 0) is 43.4 Å². The van der Waals surface area contributed by atoms with Gasteiger partial charge < -0.3 is 20.1 Å². The highest BCUT2D eigenvalue weighted by molar-refractivity contribution is 5.79. The van der Waals surface area contributed by atoms with Crippen LogP contribution in [0.15, 0.2) is 53.7 Å². The first kappa shape index (κ1) is 19.0. The first-order chi connectivity index (χ1) is 13.3. The Bertz CT molecular complexity index is 698. The number of aliphatic imine (C=N–C) groups is 1. The topological polar surface area (TPSA) is 67.8 Å². The summed E-state index contributed by atoms with van der Waals surface area (Å²) >= 11 is 0. The third-order valence-electron chi connectivity index (χ3n) is 4.48. The molecular formula is C21H28N4O2. The van der Waals surface area contributed by atoms with Crippen molar-refractivity contribution in [3.8, 4) is 11.6 Å². The summed E-state index contributed by atoms with van der Waals surface area (Å²) in [5.74, 6) is 2.32. The van der Waals surface area contributed by atoms with Crippen molar-refractivity contribution in [1.82, 2.24) is 15.6 Å². The second kappa shape index (κ2) is 10.4. The summed E-state index contributed by atoms with van der Waals surface area (Å²) in [6.45, 7) is 1.89. The van der Waals surface area contributed by atoms with Crippen molar-refractivity contribution < 1.29 is 9.47 Å². The molecule has 1 saturated carbocycles. The molecule has 3 rings (SSSR count). The van der Waals surface area contributed by atoms with Gasteiger partial charge >= 0.3 is 0 Å². The summed E-state index contributed by atoms with van der Waals surface area (Å²) in [7, 11) is 1.75. The minimum atomic E-state index is 0.336. The van der Waals surface area contributed by atoms with Gasteiger partial charge in [-0.2, -0.15) is 0 Å². The molecule has 1 heterocycles. The van der Waals surface area contributed by atoms with E-state index in [-0.39, 0.29) is 0 Å². The highest BCUT2D eigenvalue weighted by Crippen LogP contribution is 2.22. The molecule has 0 unspecified atom stereocenters. The lowest BCUT2D eigenvalue weighted by Crippen LogP contribution is -2.38. The Kier molecular flexibility index (Phi) is 7.33. The van der Waals surface area contributed by atoms with E-state index in [1.54, 1.807) is 7.05 Å². The molecule has 1 aliphatic rings. The summed E-state index contributed by atoms with van der Waals surface area (Å²) in [5.41, 5.74) is 1.08. The zero-order valence-electron chi connectivity index (χ0n) is 15.9. The Morgan fingerprint density at radius 2 is 1.93 bits per heavy atom. The maximum absolute atomic E-state index is 5.90. The van der Waals surface area contributed by atoms with E-state index >= 15 is 0 Å². The van der Waals surface area contributed by atoms with Gasteiger partial charge in [-0.25, -0.2) is 4.98 Å². The molecule has 0 amide bonds. The van der Waals surface area contributed by atoms with E-state index < -0.39 is 0 Å². The van der Waals surface area contributed by atoms with Crippen molar-refractivity contribution in [1.29, 1.82) is 0 Å². The highest BCUT2D eigenvalue weighted by atomic mass is 16.5. The minimum Gasteiger partial charge on any atom is -0.492 e. The molecule has 6 nitrogen and oxygen atoms in total. The van der Waals surface area contributed by atoms with Crippen LogP contribution >= 0.6 is 0 Å². The fourth-order valence-electron chi connectivity index (χ4n) is 3.02. The summed E-state index contributed by atoms with van der Waals surface area (Å²) in [5, 5.41) is 6.52. The third-order valence-corrected chi connectivity index (χ3v) is 4.48. The van der Waals surface area contributed by atoms with Gasteiger partial charge in [0.15, 0.2) is 5.96 Å². The predicted molar refractivity (Wildman–Crippen MR) is 107 cm³/mol. The monoisotopic (exact) mass is 368 g/mol. The largest absolute Gasteiger partial charge is 0.492 e. The van der Waals surface area contributed by atoms with Crippen LogP contribution in [0.1, 0.15) is 31.2 Å². The van der Waals surface area contributed by atoms with Crippen molar-refractivity contribution in [3.05, 3.63) is 54.2 Å². The Morgan fingerprint density at radius 1 is 1.11 bits per heavy atom. The number of rotatable bonds is 8. The maximum Gasteiger partial charge on any atom is 0.213 e. The van der Waals surface area contributed by atoms with Crippen LogP contribution in [0.2, 0.25) is 0 Å². The Balaban J connectivity index is 1.36. The molecule has 1 aromatic heterocycles. The minimum absolute atomic E-state index is 0.336. The second-order valence-corrected chi connectivity index (χ2v) is 6.54. The van der Waals surface area contributed by atoms with E-state index in [2.05, 4.69) is 20.6 Å². The first-order valence-electron chi connectivity index (χ1n) is 9.57. The van der Waals surface area contributed by atoms with Crippen LogP contribution in [0.3, 0.4) is 0 Å². The molecule has 0 atom stereocenters. The number of benzene rings is 1. The molecule has 1 aliphatic carbocycles. The lowest BCUT2D eigenvalue weighted by Gasteiger charge is -2.14. The summed E-state index contributed by atoms with van der Waals surface area (Å²) in [6.07, 6.45) is 6.98. The number of para-hydroxylation sites is 1. The molecule has 0 bridgehead atoms. The molecule has 144 valence electrons. The summed E-state index contributed by atoms with van der Waals surface area (Å²) in [6, 6.07) is 13.8. The smallest absolute Gasteiger partial charge is 0.213 e. The molecule has 1 fully saturated rings. The zero-order chi connectivity index (χ0) is 18.7. The molecule has 0 spiro atoms. The molecule has 2 N–H and O–H groups in total. The summed E-state index contributed by atoms with van der Waals surface area (Å²) < 4.78 is 11.6. The molecular weight excluding hydrogens is 340 g/mol. The second-order valence-electron chi connectivity index (χ2n) is 6.54. The van der Waals surface area contributed by atoms with E-state index in [0.717, 1.165) is 30.1 Å². The number of pyridine rings is 1. The highest BCUT2D eigenvalue weighted by Gasteiger charge is 2.16. The standard InChI is InChI=1S/C21H28N4O2/c1-22-21(23-13-14-26-18-7-3-2-4-8-18)25-16-17-11-12-20(24-15-17)27-19-9-5-6-10-19/h2-4,7-8,11-12,15,19H,5-6,9-10,13-14,16H2,1H3,(H2,22,23,25). The molecule has 6 heteroatoms. The average molecular weight is 368 g/mol. The normalized spacial score (nSPS) is 14.8. The SMILES string of the molecule is CN=C(NCCOc1ccccc1)NCc1ccc(OC2CCCC2)nc1. The van der Waals surface area contributed by atoms with Crippen LogP contribution in [0, 0.1) is 0 Å². The lowest BCUT2D eigenvalue weighted by molar-refractivity contribution is 0.201.